The van der Waals surface area contributed by atoms with Crippen molar-refractivity contribution in [2.24, 2.45) is 10.9 Å². The summed E-state index contributed by atoms with van der Waals surface area (Å²) in [7, 11) is 1.82. The standard InChI is InChI=1S/C25H40N4O2.HI/c1-3-26-24(27-20-25(30-2)12-16-31-17-13-25)29-15-11-23-22(19-29)10-7-14-28(23)18-21-8-5-4-6-9-21;/h4-6,8-9,22-23H,3,7,10-20H2,1-2H3,(H,26,27);1H. The van der Waals surface area contributed by atoms with E-state index in [4.69, 9.17) is 14.5 Å². The molecule has 3 aliphatic rings. The maximum Gasteiger partial charge on any atom is 0.194 e. The molecule has 0 aliphatic carbocycles. The van der Waals surface area contributed by atoms with Crippen molar-refractivity contribution < 1.29 is 9.47 Å². The van der Waals surface area contributed by atoms with Gasteiger partial charge in [-0.3, -0.25) is 9.89 Å². The van der Waals surface area contributed by atoms with Crippen molar-refractivity contribution >= 4 is 29.9 Å². The third kappa shape index (κ3) is 6.36. The number of nitrogens with zero attached hydrogens (tertiary/aromatic N) is 3. The lowest BCUT2D eigenvalue weighted by Gasteiger charge is -2.48. The van der Waals surface area contributed by atoms with Gasteiger partial charge in [-0.05, 0) is 44.2 Å². The fourth-order valence-electron chi connectivity index (χ4n) is 5.53. The molecule has 4 rings (SSSR count). The van der Waals surface area contributed by atoms with Crippen molar-refractivity contribution in [2.75, 3.05) is 53.0 Å². The molecule has 0 saturated carbocycles. The molecule has 3 aliphatic heterocycles. The van der Waals surface area contributed by atoms with Gasteiger partial charge in [-0.1, -0.05) is 30.3 Å². The number of likely N-dealkylation sites (tertiary alicyclic amines) is 2. The lowest BCUT2D eigenvalue weighted by Crippen LogP contribution is -2.57. The normalized spacial score (nSPS) is 26.2. The molecule has 3 saturated heterocycles. The Morgan fingerprint density at radius 1 is 1.19 bits per heavy atom. The molecule has 6 nitrogen and oxygen atoms in total. The highest BCUT2D eigenvalue weighted by molar-refractivity contribution is 14.0. The van der Waals surface area contributed by atoms with Gasteiger partial charge in [0.25, 0.3) is 0 Å². The molecular weight excluding hydrogens is 515 g/mol. The van der Waals surface area contributed by atoms with E-state index in [1.165, 1.54) is 31.4 Å². The molecule has 7 heteroatoms. The van der Waals surface area contributed by atoms with Gasteiger partial charge in [0.2, 0.25) is 0 Å². The molecule has 2 atom stereocenters. The first-order chi connectivity index (χ1) is 15.2. The quantitative estimate of drug-likeness (QED) is 0.329. The van der Waals surface area contributed by atoms with E-state index in [1.54, 1.807) is 0 Å². The Bertz CT molecular complexity index is 711. The van der Waals surface area contributed by atoms with E-state index in [-0.39, 0.29) is 29.6 Å². The second kappa shape index (κ2) is 12.5. The maximum atomic E-state index is 5.91. The number of ether oxygens (including phenoxy) is 2. The Kier molecular flexibility index (Phi) is 10.1. The van der Waals surface area contributed by atoms with Crippen LogP contribution in [-0.4, -0.2) is 80.4 Å². The molecule has 0 amide bonds. The lowest BCUT2D eigenvalue weighted by molar-refractivity contribution is -0.0830. The zero-order chi connectivity index (χ0) is 21.5. The van der Waals surface area contributed by atoms with Crippen LogP contribution in [0.5, 0.6) is 0 Å². The van der Waals surface area contributed by atoms with Gasteiger partial charge >= 0.3 is 0 Å². The second-order valence-corrected chi connectivity index (χ2v) is 9.33. The Hall–Kier alpha value is -0.900. The van der Waals surface area contributed by atoms with Gasteiger partial charge in [-0.15, -0.1) is 24.0 Å². The van der Waals surface area contributed by atoms with Crippen molar-refractivity contribution in [1.29, 1.82) is 0 Å². The van der Waals surface area contributed by atoms with Crippen LogP contribution in [0.15, 0.2) is 35.3 Å². The van der Waals surface area contributed by atoms with Gasteiger partial charge < -0.3 is 19.7 Å². The summed E-state index contributed by atoms with van der Waals surface area (Å²) in [6.07, 6.45) is 5.68. The van der Waals surface area contributed by atoms with Gasteiger partial charge in [0.15, 0.2) is 5.96 Å². The van der Waals surface area contributed by atoms with Gasteiger partial charge in [0.1, 0.15) is 0 Å². The number of fused-ring (bicyclic) bond motifs is 1. The predicted molar refractivity (Wildman–Crippen MR) is 141 cm³/mol. The van der Waals surface area contributed by atoms with E-state index >= 15 is 0 Å². The molecule has 3 fully saturated rings. The Balaban J connectivity index is 0.00000289. The predicted octanol–water partition coefficient (Wildman–Crippen LogP) is 3.75. The zero-order valence-corrected chi connectivity index (χ0v) is 22.1. The monoisotopic (exact) mass is 556 g/mol. The van der Waals surface area contributed by atoms with Crippen LogP contribution < -0.4 is 5.32 Å². The molecule has 1 aromatic carbocycles. The van der Waals surface area contributed by atoms with Crippen molar-refractivity contribution in [2.45, 2.75) is 57.2 Å². The Morgan fingerprint density at radius 2 is 1.97 bits per heavy atom. The Morgan fingerprint density at radius 3 is 2.69 bits per heavy atom. The number of halogens is 1. The van der Waals surface area contributed by atoms with Gasteiger partial charge in [-0.25, -0.2) is 0 Å². The molecule has 0 bridgehead atoms. The molecule has 3 heterocycles. The minimum Gasteiger partial charge on any atom is -0.381 e. The van der Waals surface area contributed by atoms with Gasteiger partial charge in [-0.2, -0.15) is 0 Å². The van der Waals surface area contributed by atoms with Crippen molar-refractivity contribution in [3.63, 3.8) is 0 Å². The van der Waals surface area contributed by atoms with Crippen LogP contribution in [0.3, 0.4) is 0 Å². The molecule has 0 spiro atoms. The summed E-state index contributed by atoms with van der Waals surface area (Å²) >= 11 is 0. The number of hydrogen-bond donors (Lipinski definition) is 1. The van der Waals surface area contributed by atoms with E-state index in [2.05, 4.69) is 52.4 Å². The topological polar surface area (TPSA) is 49.3 Å². The second-order valence-electron chi connectivity index (χ2n) is 9.33. The van der Waals surface area contributed by atoms with E-state index < -0.39 is 0 Å². The largest absolute Gasteiger partial charge is 0.381 e. The van der Waals surface area contributed by atoms with Crippen LogP contribution >= 0.6 is 24.0 Å². The number of piperidine rings is 2. The van der Waals surface area contributed by atoms with Crippen LogP contribution in [0.1, 0.15) is 44.6 Å². The molecule has 180 valence electrons. The summed E-state index contributed by atoms with van der Waals surface area (Å²) in [5.74, 6) is 1.78. The highest BCUT2D eigenvalue weighted by Gasteiger charge is 2.37. The fourth-order valence-corrected chi connectivity index (χ4v) is 5.53. The van der Waals surface area contributed by atoms with E-state index in [1.807, 2.05) is 7.11 Å². The first kappa shape index (κ1) is 25.7. The highest BCUT2D eigenvalue weighted by atomic mass is 127. The molecule has 32 heavy (non-hydrogen) atoms. The van der Waals surface area contributed by atoms with E-state index in [0.29, 0.717) is 12.6 Å². The first-order valence-corrected chi connectivity index (χ1v) is 12.2. The van der Waals surface area contributed by atoms with Crippen LogP contribution in [-0.2, 0) is 16.0 Å². The summed E-state index contributed by atoms with van der Waals surface area (Å²) < 4.78 is 11.5. The van der Waals surface area contributed by atoms with Crippen molar-refractivity contribution in [3.05, 3.63) is 35.9 Å². The summed E-state index contributed by atoms with van der Waals surface area (Å²) in [6, 6.07) is 11.6. The molecule has 2 unspecified atom stereocenters. The van der Waals surface area contributed by atoms with Gasteiger partial charge in [0.05, 0.1) is 12.1 Å². The lowest BCUT2D eigenvalue weighted by atomic mass is 9.83. The third-order valence-corrected chi connectivity index (χ3v) is 7.40. The zero-order valence-electron chi connectivity index (χ0n) is 19.8. The number of aliphatic imine (C=N–C) groups is 1. The summed E-state index contributed by atoms with van der Waals surface area (Å²) in [4.78, 5) is 10.3. The third-order valence-electron chi connectivity index (χ3n) is 7.40. The molecule has 1 aromatic rings. The smallest absolute Gasteiger partial charge is 0.194 e. The Labute approximate surface area is 211 Å². The van der Waals surface area contributed by atoms with Crippen LogP contribution in [0.25, 0.3) is 0 Å². The average molecular weight is 557 g/mol. The van der Waals surface area contributed by atoms with Crippen LogP contribution in [0.2, 0.25) is 0 Å². The molecule has 0 radical (unpaired) electrons. The maximum absolute atomic E-state index is 5.91. The van der Waals surface area contributed by atoms with Crippen LogP contribution in [0, 0.1) is 5.92 Å². The SMILES string of the molecule is CCNC(=NCC1(OC)CCOCC1)N1CCC2C(CCCN2Cc2ccccc2)C1.I. The summed E-state index contributed by atoms with van der Waals surface area (Å²) in [5.41, 5.74) is 1.26. The molecular formula is C25H41IN4O2. The fraction of sp³-hybridized carbons (Fsp3) is 0.720. The summed E-state index contributed by atoms with van der Waals surface area (Å²) in [5, 5.41) is 3.56. The number of guanidine groups is 1. The minimum absolute atomic E-state index is 0. The van der Waals surface area contributed by atoms with Crippen molar-refractivity contribution in [3.8, 4) is 0 Å². The number of benzene rings is 1. The van der Waals surface area contributed by atoms with E-state index in [9.17, 15) is 0 Å². The molecule has 0 aromatic heterocycles. The number of methoxy groups -OCH3 is 1. The van der Waals surface area contributed by atoms with Crippen molar-refractivity contribution in [1.82, 2.24) is 15.1 Å². The number of hydrogen-bond acceptors (Lipinski definition) is 4. The van der Waals surface area contributed by atoms with Gasteiger partial charge in [0, 0.05) is 65.4 Å². The highest BCUT2D eigenvalue weighted by Crippen LogP contribution is 2.32. The van der Waals surface area contributed by atoms with E-state index in [0.717, 1.165) is 64.1 Å². The number of nitrogens with one attached hydrogen (secondary N) is 1. The minimum atomic E-state index is -0.172. The first-order valence-electron chi connectivity index (χ1n) is 12.2. The average Bonchev–Trinajstić information content (AvgIpc) is 2.83. The number of rotatable bonds is 6. The van der Waals surface area contributed by atoms with Crippen LogP contribution in [0.4, 0.5) is 0 Å². The molecule has 1 N–H and O–H groups in total. The summed E-state index contributed by atoms with van der Waals surface area (Å²) in [6.45, 7) is 9.77.